The van der Waals surface area contributed by atoms with E-state index in [0.29, 0.717) is 0 Å². The lowest BCUT2D eigenvalue weighted by molar-refractivity contribution is -0.138. The second-order valence-electron chi connectivity index (χ2n) is 3.74. The molecule has 2 rings (SSSR count). The second kappa shape index (κ2) is 4.71. The SMILES string of the molecule is O=C(O)Cc1cn(-c2ccccc2C(F)(F)F)nn1. The van der Waals surface area contributed by atoms with Crippen molar-refractivity contribution in [2.45, 2.75) is 12.6 Å². The zero-order valence-corrected chi connectivity index (χ0v) is 9.42. The lowest BCUT2D eigenvalue weighted by Crippen LogP contribution is -2.11. The van der Waals surface area contributed by atoms with Gasteiger partial charge in [-0.05, 0) is 12.1 Å². The summed E-state index contributed by atoms with van der Waals surface area (Å²) in [5.41, 5.74) is -0.967. The van der Waals surface area contributed by atoms with Gasteiger partial charge in [0.15, 0.2) is 0 Å². The van der Waals surface area contributed by atoms with Gasteiger partial charge in [0, 0.05) is 0 Å². The average Bonchev–Trinajstić information content (AvgIpc) is 2.75. The van der Waals surface area contributed by atoms with E-state index in [2.05, 4.69) is 10.3 Å². The van der Waals surface area contributed by atoms with Gasteiger partial charge in [-0.2, -0.15) is 13.2 Å². The molecular formula is C11H8F3N3O2. The van der Waals surface area contributed by atoms with Crippen molar-refractivity contribution in [3.63, 3.8) is 0 Å². The molecule has 0 saturated carbocycles. The summed E-state index contributed by atoms with van der Waals surface area (Å²) in [5.74, 6) is -1.13. The molecule has 0 spiro atoms. The largest absolute Gasteiger partial charge is 0.481 e. The fourth-order valence-electron chi connectivity index (χ4n) is 1.57. The molecule has 2 aromatic rings. The predicted octanol–water partition coefficient (Wildman–Crippen LogP) is 1.91. The molecule has 0 saturated heterocycles. The van der Waals surface area contributed by atoms with E-state index in [-0.39, 0.29) is 11.4 Å². The monoisotopic (exact) mass is 271 g/mol. The fraction of sp³-hybridized carbons (Fsp3) is 0.182. The number of nitrogens with zero attached hydrogens (tertiary/aromatic N) is 3. The molecule has 0 radical (unpaired) electrons. The second-order valence-corrected chi connectivity index (χ2v) is 3.74. The highest BCUT2D eigenvalue weighted by Gasteiger charge is 2.34. The molecule has 0 amide bonds. The third-order valence-electron chi connectivity index (χ3n) is 2.33. The number of hydrogen-bond acceptors (Lipinski definition) is 3. The van der Waals surface area contributed by atoms with Crippen LogP contribution in [0.2, 0.25) is 0 Å². The molecule has 8 heteroatoms. The van der Waals surface area contributed by atoms with E-state index in [4.69, 9.17) is 5.11 Å². The van der Waals surface area contributed by atoms with Gasteiger partial charge in [0.2, 0.25) is 0 Å². The van der Waals surface area contributed by atoms with Gasteiger partial charge in [0.1, 0.15) is 0 Å². The molecule has 1 aromatic heterocycles. The number of rotatable bonds is 3. The predicted molar refractivity (Wildman–Crippen MR) is 57.7 cm³/mol. The molecule has 0 unspecified atom stereocenters. The van der Waals surface area contributed by atoms with E-state index in [1.807, 2.05) is 0 Å². The summed E-state index contributed by atoms with van der Waals surface area (Å²) >= 11 is 0. The Kier molecular flexibility index (Phi) is 3.24. The third kappa shape index (κ3) is 2.90. The van der Waals surface area contributed by atoms with Crippen LogP contribution in [-0.4, -0.2) is 26.1 Å². The van der Waals surface area contributed by atoms with Gasteiger partial charge in [0.25, 0.3) is 0 Å². The van der Waals surface area contributed by atoms with Crippen molar-refractivity contribution in [1.29, 1.82) is 0 Å². The third-order valence-corrected chi connectivity index (χ3v) is 2.33. The number of aliphatic carboxylic acids is 1. The molecule has 0 atom stereocenters. The summed E-state index contributed by atoms with van der Waals surface area (Å²) in [6.45, 7) is 0. The van der Waals surface area contributed by atoms with Crippen LogP contribution in [0.4, 0.5) is 13.2 Å². The van der Waals surface area contributed by atoms with Crippen LogP contribution in [0.25, 0.3) is 5.69 Å². The van der Waals surface area contributed by atoms with E-state index in [1.54, 1.807) is 0 Å². The number of carboxylic acid groups (broad SMARTS) is 1. The van der Waals surface area contributed by atoms with E-state index >= 15 is 0 Å². The first-order valence-electron chi connectivity index (χ1n) is 5.17. The van der Waals surface area contributed by atoms with Gasteiger partial charge in [-0.3, -0.25) is 4.79 Å². The minimum Gasteiger partial charge on any atom is -0.481 e. The van der Waals surface area contributed by atoms with Crippen LogP contribution in [0.15, 0.2) is 30.5 Å². The standard InChI is InChI=1S/C11H8F3N3O2/c12-11(13,14)8-3-1-2-4-9(8)17-6-7(15-16-17)5-10(18)19/h1-4,6H,5H2,(H,18,19). The van der Waals surface area contributed by atoms with Crippen molar-refractivity contribution in [2.24, 2.45) is 0 Å². The summed E-state index contributed by atoms with van der Waals surface area (Å²) < 4.78 is 39.3. The molecule has 0 bridgehead atoms. The number of alkyl halides is 3. The van der Waals surface area contributed by atoms with Crippen molar-refractivity contribution in [3.8, 4) is 5.69 Å². The van der Waals surface area contributed by atoms with Gasteiger partial charge in [0.05, 0.1) is 29.6 Å². The molecule has 1 heterocycles. The molecule has 1 N–H and O–H groups in total. The molecule has 100 valence electrons. The Morgan fingerprint density at radius 3 is 2.63 bits per heavy atom. The van der Waals surface area contributed by atoms with E-state index in [1.165, 1.54) is 24.4 Å². The van der Waals surface area contributed by atoms with E-state index in [9.17, 15) is 18.0 Å². The maximum absolute atomic E-state index is 12.8. The lowest BCUT2D eigenvalue weighted by Gasteiger charge is -2.11. The van der Waals surface area contributed by atoms with E-state index < -0.39 is 24.1 Å². The molecule has 5 nitrogen and oxygen atoms in total. The number of carboxylic acids is 1. The molecule has 19 heavy (non-hydrogen) atoms. The summed E-state index contributed by atoms with van der Waals surface area (Å²) in [6, 6.07) is 4.86. The van der Waals surface area contributed by atoms with Gasteiger partial charge in [-0.1, -0.05) is 17.3 Å². The molecule has 0 aliphatic carbocycles. The lowest BCUT2D eigenvalue weighted by atomic mass is 10.1. The van der Waals surface area contributed by atoms with Crippen molar-refractivity contribution in [2.75, 3.05) is 0 Å². The van der Waals surface area contributed by atoms with Crippen LogP contribution in [0, 0.1) is 0 Å². The summed E-state index contributed by atoms with van der Waals surface area (Å²) in [5, 5.41) is 15.6. The Morgan fingerprint density at radius 1 is 1.32 bits per heavy atom. The summed E-state index contributed by atoms with van der Waals surface area (Å²) in [4.78, 5) is 10.5. The van der Waals surface area contributed by atoms with Crippen molar-refractivity contribution in [3.05, 3.63) is 41.7 Å². The summed E-state index contributed by atoms with van der Waals surface area (Å²) in [6.07, 6.45) is -3.75. The van der Waals surface area contributed by atoms with Crippen molar-refractivity contribution >= 4 is 5.97 Å². The number of carbonyl (C=O) groups is 1. The van der Waals surface area contributed by atoms with Crippen LogP contribution in [0.3, 0.4) is 0 Å². The first-order chi connectivity index (χ1) is 8.88. The minimum absolute atomic E-state index is 0.0875. The number of hydrogen-bond donors (Lipinski definition) is 1. The van der Waals surface area contributed by atoms with E-state index in [0.717, 1.165) is 10.7 Å². The quantitative estimate of drug-likeness (QED) is 0.926. The van der Waals surface area contributed by atoms with Crippen LogP contribution < -0.4 is 0 Å². The normalized spacial score (nSPS) is 11.5. The van der Waals surface area contributed by atoms with Crippen LogP contribution in [0.1, 0.15) is 11.3 Å². The highest BCUT2D eigenvalue weighted by molar-refractivity contribution is 5.69. The molecule has 0 aliphatic rings. The first-order valence-corrected chi connectivity index (χ1v) is 5.17. The zero-order chi connectivity index (χ0) is 14.0. The molecule has 0 fully saturated rings. The summed E-state index contributed by atoms with van der Waals surface area (Å²) in [7, 11) is 0. The Bertz CT molecular complexity index is 607. The maximum atomic E-state index is 12.8. The van der Waals surface area contributed by atoms with Gasteiger partial charge >= 0.3 is 12.1 Å². The topological polar surface area (TPSA) is 68.0 Å². The van der Waals surface area contributed by atoms with Gasteiger partial charge in [-0.15, -0.1) is 5.10 Å². The highest BCUT2D eigenvalue weighted by atomic mass is 19.4. The smallest absolute Gasteiger partial charge is 0.418 e. The number of halogens is 3. The first kappa shape index (κ1) is 13.1. The number of aromatic nitrogens is 3. The molecule has 0 aliphatic heterocycles. The van der Waals surface area contributed by atoms with Crippen molar-refractivity contribution < 1.29 is 23.1 Å². The number of para-hydroxylation sites is 1. The Hall–Kier alpha value is -2.38. The Labute approximate surface area is 105 Å². The average molecular weight is 271 g/mol. The molecule has 1 aromatic carbocycles. The van der Waals surface area contributed by atoms with Crippen LogP contribution in [-0.2, 0) is 17.4 Å². The fourth-order valence-corrected chi connectivity index (χ4v) is 1.57. The number of benzene rings is 1. The Morgan fingerprint density at radius 2 is 2.00 bits per heavy atom. The zero-order valence-electron chi connectivity index (χ0n) is 9.42. The Balaban J connectivity index is 2.42. The van der Waals surface area contributed by atoms with Crippen molar-refractivity contribution in [1.82, 2.24) is 15.0 Å². The van der Waals surface area contributed by atoms with Crippen LogP contribution in [0.5, 0.6) is 0 Å². The minimum atomic E-state index is -4.52. The molecular weight excluding hydrogens is 263 g/mol. The van der Waals surface area contributed by atoms with Gasteiger partial charge < -0.3 is 5.11 Å². The van der Waals surface area contributed by atoms with Gasteiger partial charge in [-0.25, -0.2) is 4.68 Å². The highest BCUT2D eigenvalue weighted by Crippen LogP contribution is 2.33. The van der Waals surface area contributed by atoms with Crippen LogP contribution >= 0.6 is 0 Å². The maximum Gasteiger partial charge on any atom is 0.418 e.